The Morgan fingerprint density at radius 3 is 1.77 bits per heavy atom. The Labute approximate surface area is 161 Å². The van der Waals surface area contributed by atoms with Crippen molar-refractivity contribution in [3.63, 3.8) is 0 Å². The molecule has 0 heterocycles. The normalized spacial score (nSPS) is 10.5. The molecule has 1 aromatic rings. The summed E-state index contributed by atoms with van der Waals surface area (Å²) in [5, 5.41) is 23.0. The molecule has 2 amide bonds. The van der Waals surface area contributed by atoms with Crippen LogP contribution in [0.4, 0.5) is 21.0 Å². The number of nitrogens with one attached hydrogen (secondary N) is 2. The number of amides is 2. The molecule has 0 unspecified atom stereocenters. The third-order valence-corrected chi connectivity index (χ3v) is 4.03. The molecule has 0 aliphatic rings. The molecule has 146 valence electrons. The lowest BCUT2D eigenvalue weighted by Crippen LogP contribution is -2.19. The monoisotopic (exact) mass is 408 g/mol. The van der Waals surface area contributed by atoms with Gasteiger partial charge in [-0.1, -0.05) is 0 Å². The molecule has 4 N–H and O–H groups in total. The molecule has 0 aliphatic carbocycles. The third-order valence-electron chi connectivity index (χ3n) is 3.65. The average Bonchev–Trinajstić information content (AvgIpc) is 2.56. The van der Waals surface area contributed by atoms with Gasteiger partial charge < -0.3 is 19.7 Å². The fourth-order valence-electron chi connectivity index (χ4n) is 2.62. The van der Waals surface area contributed by atoms with E-state index in [1.807, 2.05) is 0 Å². The summed E-state index contributed by atoms with van der Waals surface area (Å²) < 4.78 is 10.6. The number of anilines is 2. The van der Waals surface area contributed by atoms with Gasteiger partial charge >= 0.3 is 12.2 Å². The SMILES string of the molecule is COCCOc1c(NC(=O)O)c(CCCl)c(C)c(CCCl)c1NC(=O)O. The van der Waals surface area contributed by atoms with E-state index in [2.05, 4.69) is 10.6 Å². The summed E-state index contributed by atoms with van der Waals surface area (Å²) in [5.74, 6) is 0.579. The number of rotatable bonds is 10. The molecule has 0 saturated heterocycles. The van der Waals surface area contributed by atoms with Crippen LogP contribution in [0.3, 0.4) is 0 Å². The number of benzene rings is 1. The van der Waals surface area contributed by atoms with Crippen molar-refractivity contribution in [1.82, 2.24) is 0 Å². The van der Waals surface area contributed by atoms with Crippen molar-refractivity contribution in [2.75, 3.05) is 42.7 Å². The highest BCUT2D eigenvalue weighted by atomic mass is 35.5. The van der Waals surface area contributed by atoms with Crippen molar-refractivity contribution in [1.29, 1.82) is 0 Å². The Morgan fingerprint density at radius 1 is 0.962 bits per heavy atom. The molecule has 0 aliphatic heterocycles. The summed E-state index contributed by atoms with van der Waals surface area (Å²) in [6.07, 6.45) is -1.87. The highest BCUT2D eigenvalue weighted by molar-refractivity contribution is 6.18. The van der Waals surface area contributed by atoms with Crippen molar-refractivity contribution >= 4 is 46.8 Å². The summed E-state index contributed by atoms with van der Waals surface area (Å²) in [6.45, 7) is 2.11. The van der Waals surface area contributed by atoms with Gasteiger partial charge in [0.25, 0.3) is 0 Å². The van der Waals surface area contributed by atoms with Gasteiger partial charge in [-0.3, -0.25) is 10.6 Å². The van der Waals surface area contributed by atoms with Gasteiger partial charge in [0.05, 0.1) is 18.0 Å². The van der Waals surface area contributed by atoms with Crippen molar-refractivity contribution in [2.45, 2.75) is 19.8 Å². The predicted molar refractivity (Wildman–Crippen MR) is 101 cm³/mol. The Bertz CT molecular complexity index is 607. The highest BCUT2D eigenvalue weighted by Gasteiger charge is 2.25. The number of methoxy groups -OCH3 is 1. The molecule has 1 aromatic carbocycles. The highest BCUT2D eigenvalue weighted by Crippen LogP contribution is 2.43. The lowest BCUT2D eigenvalue weighted by Gasteiger charge is -2.24. The van der Waals surface area contributed by atoms with Crippen molar-refractivity contribution < 1.29 is 29.3 Å². The first-order chi connectivity index (χ1) is 12.4. The van der Waals surface area contributed by atoms with Crippen molar-refractivity contribution in [3.05, 3.63) is 16.7 Å². The lowest BCUT2D eigenvalue weighted by atomic mass is 9.93. The third kappa shape index (κ3) is 5.82. The Hall–Kier alpha value is -1.90. The van der Waals surface area contributed by atoms with Crippen LogP contribution in [-0.4, -0.2) is 54.5 Å². The Balaban J connectivity index is 3.70. The second-order valence-corrected chi connectivity index (χ2v) is 6.00. The minimum atomic E-state index is -1.30. The van der Waals surface area contributed by atoms with E-state index in [9.17, 15) is 19.8 Å². The van der Waals surface area contributed by atoms with Gasteiger partial charge in [-0.05, 0) is 36.5 Å². The first kappa shape index (κ1) is 22.1. The van der Waals surface area contributed by atoms with Crippen LogP contribution in [0, 0.1) is 6.92 Å². The molecule has 0 spiro atoms. The number of carbonyl (C=O) groups is 2. The molecule has 0 saturated carbocycles. The minimum Gasteiger partial charge on any atom is -0.487 e. The van der Waals surface area contributed by atoms with Crippen molar-refractivity contribution in [2.24, 2.45) is 0 Å². The fourth-order valence-corrected chi connectivity index (χ4v) is 3.00. The van der Waals surface area contributed by atoms with Crippen LogP contribution in [0.2, 0.25) is 0 Å². The van der Waals surface area contributed by atoms with E-state index < -0.39 is 12.2 Å². The summed E-state index contributed by atoms with van der Waals surface area (Å²) in [5.41, 5.74) is 2.29. The topological polar surface area (TPSA) is 117 Å². The summed E-state index contributed by atoms with van der Waals surface area (Å²) in [6, 6.07) is 0. The number of carboxylic acid groups (broad SMARTS) is 2. The molecule has 0 atom stereocenters. The van der Waals surface area contributed by atoms with Gasteiger partial charge in [-0.15, -0.1) is 23.2 Å². The van der Waals surface area contributed by atoms with Gasteiger partial charge in [-0.25, -0.2) is 9.59 Å². The van der Waals surface area contributed by atoms with Crippen LogP contribution in [0.1, 0.15) is 16.7 Å². The van der Waals surface area contributed by atoms with Gasteiger partial charge in [0, 0.05) is 18.9 Å². The van der Waals surface area contributed by atoms with Gasteiger partial charge in [0.15, 0.2) is 5.75 Å². The molecule has 1 rings (SSSR count). The quantitative estimate of drug-likeness (QED) is 0.345. The van der Waals surface area contributed by atoms with Crippen LogP contribution < -0.4 is 15.4 Å². The standard InChI is InChI=1S/C16H22Cl2N2O6/c1-9-10(3-5-17)12(19-15(21)22)14(26-8-7-25-2)13(20-16(23)24)11(9)4-6-18/h19-20H,3-8H2,1-2H3,(H,21,22)(H,23,24). The van der Waals surface area contributed by atoms with Gasteiger partial charge in [0.2, 0.25) is 0 Å². The van der Waals surface area contributed by atoms with Crippen molar-refractivity contribution in [3.8, 4) is 5.75 Å². The lowest BCUT2D eigenvalue weighted by molar-refractivity contribution is 0.147. The van der Waals surface area contributed by atoms with E-state index in [0.29, 0.717) is 29.5 Å². The summed E-state index contributed by atoms with van der Waals surface area (Å²) >= 11 is 11.8. The molecule has 0 radical (unpaired) electrons. The van der Waals surface area contributed by atoms with Crippen LogP contribution in [0.25, 0.3) is 0 Å². The van der Waals surface area contributed by atoms with Crippen LogP contribution in [0.5, 0.6) is 5.75 Å². The summed E-state index contributed by atoms with van der Waals surface area (Å²) in [7, 11) is 1.49. The fraction of sp³-hybridized carbons (Fsp3) is 0.500. The Morgan fingerprint density at radius 2 is 1.42 bits per heavy atom. The van der Waals surface area contributed by atoms with E-state index in [-0.39, 0.29) is 42.1 Å². The first-order valence-corrected chi connectivity index (χ1v) is 8.86. The molecule has 8 nitrogen and oxygen atoms in total. The minimum absolute atomic E-state index is 0.0812. The maximum Gasteiger partial charge on any atom is 0.409 e. The second-order valence-electron chi connectivity index (χ2n) is 5.24. The summed E-state index contributed by atoms with van der Waals surface area (Å²) in [4.78, 5) is 22.6. The van der Waals surface area contributed by atoms with E-state index in [4.69, 9.17) is 32.7 Å². The zero-order valence-corrected chi connectivity index (χ0v) is 16.0. The number of hydrogen-bond acceptors (Lipinski definition) is 4. The van der Waals surface area contributed by atoms with Gasteiger partial charge in [0.1, 0.15) is 6.61 Å². The smallest absolute Gasteiger partial charge is 0.409 e. The number of ether oxygens (including phenoxy) is 2. The molecule has 26 heavy (non-hydrogen) atoms. The van der Waals surface area contributed by atoms with E-state index in [0.717, 1.165) is 0 Å². The van der Waals surface area contributed by atoms with Gasteiger partial charge in [-0.2, -0.15) is 0 Å². The maximum absolute atomic E-state index is 11.3. The number of alkyl halides is 2. The second kappa shape index (κ2) is 10.9. The Kier molecular flexibility index (Phi) is 9.32. The predicted octanol–water partition coefficient (Wildman–Crippen LogP) is 3.76. The van der Waals surface area contributed by atoms with Crippen LogP contribution >= 0.6 is 23.2 Å². The first-order valence-electron chi connectivity index (χ1n) is 7.79. The van der Waals surface area contributed by atoms with Crippen LogP contribution in [0.15, 0.2) is 0 Å². The molecule has 10 heteroatoms. The number of hydrogen-bond donors (Lipinski definition) is 4. The van der Waals surface area contributed by atoms with Crippen LogP contribution in [-0.2, 0) is 17.6 Å². The molecule has 0 bridgehead atoms. The average molecular weight is 409 g/mol. The molecule has 0 aromatic heterocycles. The van der Waals surface area contributed by atoms with E-state index in [1.54, 1.807) is 6.92 Å². The maximum atomic E-state index is 11.3. The number of halogens is 2. The zero-order valence-electron chi connectivity index (χ0n) is 14.5. The molecular weight excluding hydrogens is 387 g/mol. The van der Waals surface area contributed by atoms with E-state index >= 15 is 0 Å². The molecule has 0 fully saturated rings. The van der Waals surface area contributed by atoms with E-state index in [1.165, 1.54) is 7.11 Å². The zero-order chi connectivity index (χ0) is 19.7. The molecular formula is C16H22Cl2N2O6. The largest absolute Gasteiger partial charge is 0.487 e.